The normalized spacial score (nSPS) is 12.2. The molecule has 2 aromatic heterocycles. The van der Waals surface area contributed by atoms with Crippen LogP contribution in [0.25, 0.3) is 22.4 Å². The molecule has 0 N–H and O–H groups in total. The van der Waals surface area contributed by atoms with Crippen molar-refractivity contribution in [2.75, 3.05) is 0 Å². The number of rotatable bonds is 2. The second-order valence-corrected chi connectivity index (χ2v) is 7.30. The highest BCUT2D eigenvalue weighted by Gasteiger charge is 2.12. The molecule has 2 heterocycles. The molecule has 0 saturated heterocycles. The largest absolute Gasteiger partial charge is 0.291 e. The molecule has 0 unspecified atom stereocenters. The number of hydrogen-bond donors (Lipinski definition) is 0. The number of fused-ring (bicyclic) bond motifs is 1. The van der Waals surface area contributed by atoms with Crippen molar-refractivity contribution in [2.24, 2.45) is 0 Å². The van der Waals surface area contributed by atoms with Crippen LogP contribution in [0.2, 0.25) is 0 Å². The fraction of sp³-hybridized carbons (Fsp3) is 0.0556. The van der Waals surface area contributed by atoms with Gasteiger partial charge < -0.3 is 0 Å². The molecule has 0 radical (unpaired) electrons. The van der Waals surface area contributed by atoms with Crippen molar-refractivity contribution in [3.63, 3.8) is 0 Å². The maximum absolute atomic E-state index is 12.6. The molecule has 0 fully saturated rings. The Morgan fingerprint density at radius 3 is 2.58 bits per heavy atom. The van der Waals surface area contributed by atoms with Gasteiger partial charge in [-0.1, -0.05) is 75.3 Å². The average Bonchev–Trinajstić information content (AvgIpc) is 3.11. The third kappa shape index (κ3) is 2.68. The van der Waals surface area contributed by atoms with Crippen molar-refractivity contribution in [3.8, 4) is 11.4 Å². The Kier molecular flexibility index (Phi) is 3.78. The predicted octanol–water partition coefficient (Wildman–Crippen LogP) is 3.44. The lowest BCUT2D eigenvalue weighted by atomic mass is 10.1. The van der Waals surface area contributed by atoms with E-state index in [1.807, 2.05) is 61.5 Å². The molecule has 0 amide bonds. The summed E-state index contributed by atoms with van der Waals surface area (Å²) in [5.74, 6) is 0.575. The number of thiazole rings is 1. The first kappa shape index (κ1) is 15.2. The molecule has 0 aliphatic rings. The molecule has 4 aromatic rings. The third-order valence-electron chi connectivity index (χ3n) is 3.68. The van der Waals surface area contributed by atoms with Crippen molar-refractivity contribution in [2.45, 2.75) is 6.92 Å². The number of aromatic nitrogens is 3. The van der Waals surface area contributed by atoms with Crippen molar-refractivity contribution in [1.29, 1.82) is 0 Å². The third-order valence-corrected chi connectivity index (χ3v) is 5.36. The first-order valence-electron chi connectivity index (χ1n) is 7.35. The summed E-state index contributed by atoms with van der Waals surface area (Å²) in [5, 5.41) is 4.37. The first-order chi connectivity index (χ1) is 11.6. The van der Waals surface area contributed by atoms with Gasteiger partial charge in [0, 0.05) is 10.0 Å². The Bertz CT molecular complexity index is 1150. The number of nitrogens with zero attached hydrogens (tertiary/aromatic N) is 3. The molecule has 4 nitrogen and oxygen atoms in total. The van der Waals surface area contributed by atoms with Gasteiger partial charge in [0.2, 0.25) is 4.96 Å². The minimum Gasteiger partial charge on any atom is -0.266 e. The lowest BCUT2D eigenvalue weighted by molar-refractivity contribution is 0.937. The summed E-state index contributed by atoms with van der Waals surface area (Å²) < 4.78 is 2.94. The van der Waals surface area contributed by atoms with Gasteiger partial charge in [0.15, 0.2) is 5.82 Å². The van der Waals surface area contributed by atoms with E-state index in [4.69, 9.17) is 0 Å². The number of hydrogen-bond acceptors (Lipinski definition) is 4. The Labute approximate surface area is 150 Å². The zero-order chi connectivity index (χ0) is 16.7. The van der Waals surface area contributed by atoms with Crippen LogP contribution in [0, 0.1) is 6.92 Å². The van der Waals surface area contributed by atoms with Gasteiger partial charge in [-0.3, -0.25) is 4.79 Å². The topological polar surface area (TPSA) is 47.3 Å². The first-order valence-corrected chi connectivity index (χ1v) is 8.95. The predicted molar refractivity (Wildman–Crippen MR) is 100 cm³/mol. The highest BCUT2D eigenvalue weighted by Crippen LogP contribution is 2.18. The van der Waals surface area contributed by atoms with Crippen LogP contribution in [-0.2, 0) is 0 Å². The van der Waals surface area contributed by atoms with Gasteiger partial charge in [-0.2, -0.15) is 9.50 Å². The molecule has 0 spiro atoms. The van der Waals surface area contributed by atoms with Crippen molar-refractivity contribution in [1.82, 2.24) is 14.6 Å². The van der Waals surface area contributed by atoms with Crippen LogP contribution in [0.3, 0.4) is 0 Å². The van der Waals surface area contributed by atoms with E-state index in [9.17, 15) is 4.79 Å². The van der Waals surface area contributed by atoms with E-state index in [-0.39, 0.29) is 5.56 Å². The molecule has 6 heteroatoms. The van der Waals surface area contributed by atoms with Crippen LogP contribution in [0.15, 0.2) is 57.8 Å². The smallest absolute Gasteiger partial charge is 0.266 e. The van der Waals surface area contributed by atoms with Crippen molar-refractivity contribution < 1.29 is 0 Å². The molecule has 0 aliphatic carbocycles. The summed E-state index contributed by atoms with van der Waals surface area (Å²) in [6, 6.07) is 15.7. The van der Waals surface area contributed by atoms with E-state index < -0.39 is 0 Å². The molecular weight excluding hydrogens is 386 g/mol. The van der Waals surface area contributed by atoms with Gasteiger partial charge in [-0.15, -0.1) is 5.10 Å². The van der Waals surface area contributed by atoms with Crippen molar-refractivity contribution in [3.05, 3.63) is 79.0 Å². The molecule has 0 bridgehead atoms. The second-order valence-electron chi connectivity index (χ2n) is 5.43. The lowest BCUT2D eigenvalue weighted by Crippen LogP contribution is -2.23. The lowest BCUT2D eigenvalue weighted by Gasteiger charge is -1.95. The fourth-order valence-corrected chi connectivity index (χ4v) is 3.69. The monoisotopic (exact) mass is 397 g/mol. The van der Waals surface area contributed by atoms with Gasteiger partial charge in [-0.25, -0.2) is 0 Å². The summed E-state index contributed by atoms with van der Waals surface area (Å²) in [7, 11) is 0. The molecule has 2 aromatic carbocycles. The number of aryl methyl sites for hydroxylation is 1. The van der Waals surface area contributed by atoms with E-state index in [2.05, 4.69) is 26.0 Å². The minimum absolute atomic E-state index is 0.142. The van der Waals surface area contributed by atoms with Gasteiger partial charge in [-0.05, 0) is 24.6 Å². The van der Waals surface area contributed by atoms with E-state index in [1.165, 1.54) is 21.4 Å². The van der Waals surface area contributed by atoms with Crippen LogP contribution >= 0.6 is 27.3 Å². The summed E-state index contributed by atoms with van der Waals surface area (Å²) in [4.78, 5) is 17.7. The van der Waals surface area contributed by atoms with Crippen molar-refractivity contribution >= 4 is 38.3 Å². The molecule has 0 aliphatic heterocycles. The summed E-state index contributed by atoms with van der Waals surface area (Å²) >= 11 is 4.84. The van der Waals surface area contributed by atoms with E-state index >= 15 is 0 Å². The Balaban J connectivity index is 1.83. The molecule has 4 rings (SSSR count). The van der Waals surface area contributed by atoms with E-state index in [0.29, 0.717) is 15.3 Å². The quantitative estimate of drug-likeness (QED) is 0.520. The van der Waals surface area contributed by atoms with Crippen LogP contribution in [-0.4, -0.2) is 14.6 Å². The van der Waals surface area contributed by atoms with Crippen LogP contribution in [0.1, 0.15) is 11.1 Å². The second kappa shape index (κ2) is 5.96. The number of benzene rings is 2. The molecule has 24 heavy (non-hydrogen) atoms. The standard InChI is InChI=1S/C18H12BrN3OS/c1-11-6-8-12(9-7-11)16-20-18-22(21-16)17(23)15(24-18)10-13-4-2-3-5-14(13)19/h2-10H,1H3/b15-10-. The fourth-order valence-electron chi connectivity index (χ4n) is 2.39. The summed E-state index contributed by atoms with van der Waals surface area (Å²) in [5.41, 5.74) is 2.90. The molecule has 118 valence electrons. The van der Waals surface area contributed by atoms with E-state index in [1.54, 1.807) is 0 Å². The molecule has 0 saturated carbocycles. The van der Waals surface area contributed by atoms with Gasteiger partial charge >= 0.3 is 0 Å². The zero-order valence-electron chi connectivity index (χ0n) is 12.7. The average molecular weight is 398 g/mol. The maximum Gasteiger partial charge on any atom is 0.291 e. The minimum atomic E-state index is -0.142. The van der Waals surface area contributed by atoms with Gasteiger partial charge in [0.1, 0.15) is 0 Å². The Hall–Kier alpha value is -2.31. The van der Waals surface area contributed by atoms with Crippen LogP contribution in [0.5, 0.6) is 0 Å². The maximum atomic E-state index is 12.6. The Morgan fingerprint density at radius 2 is 1.88 bits per heavy atom. The Morgan fingerprint density at radius 1 is 1.12 bits per heavy atom. The van der Waals surface area contributed by atoms with Gasteiger partial charge in [0.05, 0.1) is 4.53 Å². The molecule has 0 atom stereocenters. The highest BCUT2D eigenvalue weighted by molar-refractivity contribution is 9.10. The summed E-state index contributed by atoms with van der Waals surface area (Å²) in [6.07, 6.45) is 1.86. The highest BCUT2D eigenvalue weighted by atomic mass is 79.9. The zero-order valence-corrected chi connectivity index (χ0v) is 15.1. The number of halogens is 1. The van der Waals surface area contributed by atoms with Crippen LogP contribution < -0.4 is 10.1 Å². The SMILES string of the molecule is Cc1ccc(-c2nc3s/c(=C\c4ccccc4Br)c(=O)n3n2)cc1. The molecular formula is C18H12BrN3OS. The van der Waals surface area contributed by atoms with Crippen LogP contribution in [0.4, 0.5) is 0 Å². The summed E-state index contributed by atoms with van der Waals surface area (Å²) in [6.45, 7) is 2.03. The van der Waals surface area contributed by atoms with Gasteiger partial charge in [0.25, 0.3) is 5.56 Å². The van der Waals surface area contributed by atoms with E-state index in [0.717, 1.165) is 15.6 Å².